The van der Waals surface area contributed by atoms with Gasteiger partial charge in [0.05, 0.1) is 11.6 Å². The van der Waals surface area contributed by atoms with E-state index in [9.17, 15) is 13.6 Å². The van der Waals surface area contributed by atoms with Gasteiger partial charge in [0.2, 0.25) is 0 Å². The van der Waals surface area contributed by atoms with Crippen LogP contribution in [-0.4, -0.2) is 29.9 Å². The molecule has 0 aromatic heterocycles. The minimum absolute atomic E-state index is 0.428. The van der Waals surface area contributed by atoms with Gasteiger partial charge in [-0.2, -0.15) is 11.8 Å². The van der Waals surface area contributed by atoms with E-state index >= 15 is 0 Å². The lowest BCUT2D eigenvalue weighted by molar-refractivity contribution is 0.0944. The van der Waals surface area contributed by atoms with Crippen LogP contribution in [0.25, 0.3) is 0 Å². The molecule has 5 heteroatoms. The smallest absolute Gasteiger partial charge is 0.186 e. The van der Waals surface area contributed by atoms with Gasteiger partial charge in [-0.25, -0.2) is 8.78 Å². The number of nitrogens with one attached hydrogen (secondary N) is 1. The average molecular weight is 243 g/mol. The molecule has 0 amide bonds. The van der Waals surface area contributed by atoms with Gasteiger partial charge in [-0.15, -0.1) is 0 Å². The molecule has 2 nitrogen and oxygen atoms in total. The zero-order valence-electron chi connectivity index (χ0n) is 8.50. The quantitative estimate of drug-likeness (QED) is 0.804. The second kappa shape index (κ2) is 4.93. The second-order valence-electron chi connectivity index (χ2n) is 3.54. The molecule has 0 aliphatic carbocycles. The van der Waals surface area contributed by atoms with Crippen molar-refractivity contribution in [2.75, 3.05) is 18.1 Å². The van der Waals surface area contributed by atoms with Crippen LogP contribution < -0.4 is 5.32 Å². The summed E-state index contributed by atoms with van der Waals surface area (Å²) in [6.45, 7) is 0.692. The number of ketones is 1. The molecule has 86 valence electrons. The highest BCUT2D eigenvalue weighted by atomic mass is 32.2. The van der Waals surface area contributed by atoms with Crippen molar-refractivity contribution in [2.45, 2.75) is 6.04 Å². The highest BCUT2D eigenvalue weighted by Crippen LogP contribution is 2.17. The summed E-state index contributed by atoms with van der Waals surface area (Å²) in [6.07, 6.45) is 0. The summed E-state index contributed by atoms with van der Waals surface area (Å²) in [4.78, 5) is 11.9. The summed E-state index contributed by atoms with van der Waals surface area (Å²) < 4.78 is 26.7. The number of rotatable bonds is 2. The van der Waals surface area contributed by atoms with Crippen molar-refractivity contribution in [3.63, 3.8) is 0 Å². The first-order chi connectivity index (χ1) is 7.70. The van der Waals surface area contributed by atoms with Crippen molar-refractivity contribution in [1.29, 1.82) is 0 Å². The number of thioether (sulfide) groups is 1. The highest BCUT2D eigenvalue weighted by Gasteiger charge is 2.26. The molecular weight excluding hydrogens is 232 g/mol. The molecule has 1 unspecified atom stereocenters. The summed E-state index contributed by atoms with van der Waals surface area (Å²) in [5.41, 5.74) is -0.428. The van der Waals surface area contributed by atoms with E-state index in [1.165, 1.54) is 6.07 Å². The van der Waals surface area contributed by atoms with Gasteiger partial charge in [-0.05, 0) is 12.1 Å². The van der Waals surface area contributed by atoms with Crippen LogP contribution in [0.4, 0.5) is 8.78 Å². The van der Waals surface area contributed by atoms with Gasteiger partial charge in [0.15, 0.2) is 5.78 Å². The summed E-state index contributed by atoms with van der Waals surface area (Å²) in [5, 5.41) is 2.97. The van der Waals surface area contributed by atoms with E-state index in [0.717, 1.165) is 17.9 Å². The molecule has 1 aromatic carbocycles. The molecule has 1 heterocycles. The summed E-state index contributed by atoms with van der Waals surface area (Å²) in [5.74, 6) is -0.594. The third-order valence-corrected chi connectivity index (χ3v) is 3.51. The minimum Gasteiger partial charge on any atom is -0.306 e. The maximum atomic E-state index is 13.4. The largest absolute Gasteiger partial charge is 0.306 e. The molecule has 16 heavy (non-hydrogen) atoms. The van der Waals surface area contributed by atoms with Gasteiger partial charge in [0, 0.05) is 18.1 Å². The zero-order chi connectivity index (χ0) is 11.5. The van der Waals surface area contributed by atoms with Crippen LogP contribution >= 0.6 is 11.8 Å². The molecule has 1 aliphatic heterocycles. The van der Waals surface area contributed by atoms with Crippen LogP contribution in [-0.2, 0) is 0 Å². The Kier molecular flexibility index (Phi) is 3.56. The predicted molar refractivity (Wildman–Crippen MR) is 59.8 cm³/mol. The molecule has 0 spiro atoms. The molecule has 1 N–H and O–H groups in total. The van der Waals surface area contributed by atoms with Crippen LogP contribution in [0.3, 0.4) is 0 Å². The molecule has 0 radical (unpaired) electrons. The molecule has 1 aromatic rings. The molecule has 1 atom stereocenters. The Hall–Kier alpha value is -0.940. The molecule has 1 aliphatic rings. The predicted octanol–water partition coefficient (Wildman–Crippen LogP) is 1.85. The summed E-state index contributed by atoms with van der Waals surface area (Å²) in [6, 6.07) is 2.98. The number of benzene rings is 1. The minimum atomic E-state index is -0.789. The maximum absolute atomic E-state index is 13.4. The first-order valence-electron chi connectivity index (χ1n) is 4.99. The Bertz CT molecular complexity index is 385. The second-order valence-corrected chi connectivity index (χ2v) is 4.69. The summed E-state index contributed by atoms with van der Waals surface area (Å²) >= 11 is 1.61. The third kappa shape index (κ3) is 2.25. The Balaban J connectivity index is 2.26. The van der Waals surface area contributed by atoms with Gasteiger partial charge in [0.1, 0.15) is 11.6 Å². The standard InChI is InChI=1S/C11H11F2NOS/c12-7-2-1-3-8(13)10(7)11(15)9-6-16-5-4-14-9/h1-3,9,14H,4-6H2. The van der Waals surface area contributed by atoms with Gasteiger partial charge < -0.3 is 5.32 Å². The fraction of sp³-hybridized carbons (Fsp3) is 0.364. The fourth-order valence-corrected chi connectivity index (χ4v) is 2.58. The first kappa shape index (κ1) is 11.5. The van der Waals surface area contributed by atoms with Crippen molar-refractivity contribution in [3.8, 4) is 0 Å². The highest BCUT2D eigenvalue weighted by molar-refractivity contribution is 7.99. The monoisotopic (exact) mass is 243 g/mol. The topological polar surface area (TPSA) is 29.1 Å². The van der Waals surface area contributed by atoms with Crippen LogP contribution in [0.5, 0.6) is 0 Å². The Morgan fingerprint density at radius 1 is 1.38 bits per heavy atom. The molecular formula is C11H11F2NOS. The van der Waals surface area contributed by atoms with Crippen molar-refractivity contribution in [1.82, 2.24) is 5.32 Å². The normalized spacial score (nSPS) is 20.8. The van der Waals surface area contributed by atoms with Gasteiger partial charge >= 0.3 is 0 Å². The molecule has 0 bridgehead atoms. The number of carbonyl (C=O) groups excluding carboxylic acids is 1. The van der Waals surface area contributed by atoms with Crippen molar-refractivity contribution in [2.24, 2.45) is 0 Å². The number of hydrogen-bond donors (Lipinski definition) is 1. The van der Waals surface area contributed by atoms with Gasteiger partial charge in [-0.1, -0.05) is 6.07 Å². The van der Waals surface area contributed by atoms with Crippen LogP contribution in [0, 0.1) is 11.6 Å². The lowest BCUT2D eigenvalue weighted by atomic mass is 10.0. The Morgan fingerprint density at radius 2 is 2.06 bits per heavy atom. The Labute approximate surface area is 96.4 Å². The van der Waals surface area contributed by atoms with E-state index in [1.54, 1.807) is 11.8 Å². The van der Waals surface area contributed by atoms with Crippen LogP contribution in [0.2, 0.25) is 0 Å². The van der Waals surface area contributed by atoms with Gasteiger partial charge in [-0.3, -0.25) is 4.79 Å². The van der Waals surface area contributed by atoms with E-state index in [2.05, 4.69) is 5.32 Å². The fourth-order valence-electron chi connectivity index (χ4n) is 1.64. The van der Waals surface area contributed by atoms with E-state index in [4.69, 9.17) is 0 Å². The number of carbonyl (C=O) groups is 1. The van der Waals surface area contributed by atoms with E-state index < -0.39 is 29.0 Å². The molecule has 1 saturated heterocycles. The van der Waals surface area contributed by atoms with Crippen LogP contribution in [0.1, 0.15) is 10.4 Å². The van der Waals surface area contributed by atoms with Crippen molar-refractivity contribution < 1.29 is 13.6 Å². The van der Waals surface area contributed by atoms with E-state index in [1.807, 2.05) is 0 Å². The SMILES string of the molecule is O=C(c1c(F)cccc1F)C1CSCCN1. The number of Topliss-reactive ketones (excluding diaryl/α,β-unsaturated/α-hetero) is 1. The molecule has 1 fully saturated rings. The summed E-state index contributed by atoms with van der Waals surface area (Å²) in [7, 11) is 0. The van der Waals surface area contributed by atoms with E-state index in [0.29, 0.717) is 12.3 Å². The molecule has 0 saturated carbocycles. The molecule has 2 rings (SSSR count). The first-order valence-corrected chi connectivity index (χ1v) is 6.15. The van der Waals surface area contributed by atoms with Gasteiger partial charge in [0.25, 0.3) is 0 Å². The zero-order valence-corrected chi connectivity index (χ0v) is 9.32. The van der Waals surface area contributed by atoms with E-state index in [-0.39, 0.29) is 0 Å². The Morgan fingerprint density at radius 3 is 2.62 bits per heavy atom. The average Bonchev–Trinajstić information content (AvgIpc) is 2.30. The number of hydrogen-bond acceptors (Lipinski definition) is 3. The maximum Gasteiger partial charge on any atom is 0.186 e. The van der Waals surface area contributed by atoms with Crippen LogP contribution in [0.15, 0.2) is 18.2 Å². The van der Waals surface area contributed by atoms with Crippen molar-refractivity contribution in [3.05, 3.63) is 35.4 Å². The number of halogens is 2. The lowest BCUT2D eigenvalue weighted by Gasteiger charge is -2.22. The lowest BCUT2D eigenvalue weighted by Crippen LogP contribution is -2.44. The van der Waals surface area contributed by atoms with Crippen molar-refractivity contribution >= 4 is 17.5 Å². The third-order valence-electron chi connectivity index (χ3n) is 2.45.